The molecule has 0 saturated carbocycles. The molecule has 0 N–H and O–H groups in total. The molecule has 15 heavy (non-hydrogen) atoms. The lowest BCUT2D eigenvalue weighted by atomic mass is 10.0. The Kier molecular flexibility index (Phi) is 3.15. The third kappa shape index (κ3) is 2.25. The van der Waals surface area contributed by atoms with Crippen molar-refractivity contribution in [3.8, 4) is 0 Å². The molecular weight excluding hydrogens is 184 g/mol. The number of aromatic nitrogens is 1. The summed E-state index contributed by atoms with van der Waals surface area (Å²) >= 11 is 0. The van der Waals surface area contributed by atoms with Gasteiger partial charge in [-0.1, -0.05) is 6.42 Å². The first-order chi connectivity index (χ1) is 7.18. The van der Waals surface area contributed by atoms with Crippen LogP contribution in [0.25, 0.3) is 0 Å². The molecule has 1 aromatic rings. The van der Waals surface area contributed by atoms with Crippen LogP contribution >= 0.6 is 0 Å². The highest BCUT2D eigenvalue weighted by molar-refractivity contribution is 5.13. The van der Waals surface area contributed by atoms with Gasteiger partial charge in [-0.15, -0.1) is 0 Å². The van der Waals surface area contributed by atoms with E-state index in [2.05, 4.69) is 42.5 Å². The number of nitrogens with zero attached hydrogens (tertiary/aromatic N) is 2. The molecule has 0 bridgehead atoms. The van der Waals surface area contributed by atoms with Crippen LogP contribution in [-0.2, 0) is 6.54 Å². The van der Waals surface area contributed by atoms with Crippen molar-refractivity contribution in [3.05, 3.63) is 23.5 Å². The van der Waals surface area contributed by atoms with Gasteiger partial charge >= 0.3 is 0 Å². The highest BCUT2D eigenvalue weighted by atomic mass is 15.2. The summed E-state index contributed by atoms with van der Waals surface area (Å²) in [6.07, 6.45) is 4.12. The van der Waals surface area contributed by atoms with Crippen molar-refractivity contribution in [2.75, 3.05) is 13.6 Å². The van der Waals surface area contributed by atoms with Crippen molar-refractivity contribution < 1.29 is 0 Å². The largest absolute Gasteiger partial charge is 0.348 e. The summed E-state index contributed by atoms with van der Waals surface area (Å²) < 4.78 is 2.45. The molecule has 2 heteroatoms. The molecule has 1 fully saturated rings. The topological polar surface area (TPSA) is 8.17 Å². The first-order valence-electron chi connectivity index (χ1n) is 6.01. The number of likely N-dealkylation sites (N-methyl/N-ethyl adjacent to an activating group) is 1. The molecule has 1 atom stereocenters. The highest BCUT2D eigenvalue weighted by Gasteiger charge is 2.19. The van der Waals surface area contributed by atoms with Gasteiger partial charge < -0.3 is 9.47 Å². The first-order valence-corrected chi connectivity index (χ1v) is 6.01. The third-order valence-corrected chi connectivity index (χ3v) is 3.73. The van der Waals surface area contributed by atoms with Crippen LogP contribution in [-0.4, -0.2) is 29.1 Å². The van der Waals surface area contributed by atoms with Gasteiger partial charge in [-0.25, -0.2) is 0 Å². The lowest BCUT2D eigenvalue weighted by Crippen LogP contribution is -2.39. The van der Waals surface area contributed by atoms with Crippen molar-refractivity contribution in [2.45, 2.75) is 45.7 Å². The Bertz CT molecular complexity index is 308. The number of rotatable bonds is 2. The predicted molar refractivity (Wildman–Crippen MR) is 64.2 cm³/mol. The average Bonchev–Trinajstić information content (AvgIpc) is 2.53. The molecule has 0 aromatic carbocycles. The zero-order chi connectivity index (χ0) is 10.8. The Hall–Kier alpha value is -0.760. The third-order valence-electron chi connectivity index (χ3n) is 3.73. The number of hydrogen-bond acceptors (Lipinski definition) is 1. The number of aryl methyl sites for hydroxylation is 2. The normalized spacial score (nSPS) is 23.3. The Labute approximate surface area is 92.9 Å². The maximum atomic E-state index is 2.52. The van der Waals surface area contributed by atoms with Gasteiger partial charge in [-0.2, -0.15) is 0 Å². The Morgan fingerprint density at radius 1 is 1.20 bits per heavy atom. The molecule has 1 aliphatic rings. The number of piperidine rings is 1. The van der Waals surface area contributed by atoms with Crippen molar-refractivity contribution in [2.24, 2.45) is 0 Å². The zero-order valence-corrected chi connectivity index (χ0v) is 10.2. The van der Waals surface area contributed by atoms with E-state index in [9.17, 15) is 0 Å². The van der Waals surface area contributed by atoms with Gasteiger partial charge in [-0.05, 0) is 52.4 Å². The highest BCUT2D eigenvalue weighted by Crippen LogP contribution is 2.18. The second-order valence-electron chi connectivity index (χ2n) is 4.86. The summed E-state index contributed by atoms with van der Waals surface area (Å²) in [5.74, 6) is 0. The molecule has 84 valence electrons. The van der Waals surface area contributed by atoms with Crippen molar-refractivity contribution in [3.63, 3.8) is 0 Å². The molecule has 2 heterocycles. The molecule has 0 spiro atoms. The lowest BCUT2D eigenvalue weighted by molar-refractivity contribution is 0.166. The predicted octanol–water partition coefficient (Wildman–Crippen LogP) is 2.59. The van der Waals surface area contributed by atoms with Crippen molar-refractivity contribution >= 4 is 0 Å². The van der Waals surface area contributed by atoms with Crippen LogP contribution < -0.4 is 0 Å². The van der Waals surface area contributed by atoms with E-state index in [1.54, 1.807) is 0 Å². The summed E-state index contributed by atoms with van der Waals surface area (Å²) in [4.78, 5) is 2.52. The lowest BCUT2D eigenvalue weighted by Gasteiger charge is -2.33. The van der Waals surface area contributed by atoms with Gasteiger partial charge in [0.2, 0.25) is 0 Å². The molecule has 0 amide bonds. The minimum atomic E-state index is 0.739. The van der Waals surface area contributed by atoms with Gasteiger partial charge in [0.15, 0.2) is 0 Å². The van der Waals surface area contributed by atoms with Crippen LogP contribution in [0, 0.1) is 13.8 Å². The van der Waals surface area contributed by atoms with Gasteiger partial charge in [0.05, 0.1) is 0 Å². The number of hydrogen-bond donors (Lipinski definition) is 0. The quantitative estimate of drug-likeness (QED) is 0.722. The van der Waals surface area contributed by atoms with Crippen LogP contribution in [0.2, 0.25) is 0 Å². The van der Waals surface area contributed by atoms with Gasteiger partial charge in [0.25, 0.3) is 0 Å². The maximum absolute atomic E-state index is 2.52. The van der Waals surface area contributed by atoms with Crippen LogP contribution in [0.3, 0.4) is 0 Å². The number of likely N-dealkylation sites (tertiary alicyclic amines) is 1. The minimum Gasteiger partial charge on any atom is -0.348 e. The fourth-order valence-corrected chi connectivity index (χ4v) is 2.57. The second-order valence-corrected chi connectivity index (χ2v) is 4.86. The van der Waals surface area contributed by atoms with E-state index in [-0.39, 0.29) is 0 Å². The smallest absolute Gasteiger partial charge is 0.0380 e. The molecule has 1 saturated heterocycles. The Balaban J connectivity index is 2.07. The molecule has 0 radical (unpaired) electrons. The van der Waals surface area contributed by atoms with Gasteiger partial charge in [0, 0.05) is 24.0 Å². The maximum Gasteiger partial charge on any atom is 0.0380 e. The second kappa shape index (κ2) is 4.40. The first kappa shape index (κ1) is 10.7. The van der Waals surface area contributed by atoms with E-state index >= 15 is 0 Å². The Morgan fingerprint density at radius 2 is 1.87 bits per heavy atom. The summed E-state index contributed by atoms with van der Waals surface area (Å²) in [5, 5.41) is 0. The van der Waals surface area contributed by atoms with Crippen molar-refractivity contribution in [1.82, 2.24) is 9.47 Å². The summed E-state index contributed by atoms with van der Waals surface area (Å²) in [5.41, 5.74) is 2.79. The van der Waals surface area contributed by atoms with E-state index in [4.69, 9.17) is 0 Å². The molecule has 0 aliphatic carbocycles. The molecule has 2 rings (SSSR count). The van der Waals surface area contributed by atoms with E-state index in [0.717, 1.165) is 6.04 Å². The van der Waals surface area contributed by atoms with Crippen LogP contribution in [0.4, 0.5) is 0 Å². The molecule has 1 aromatic heterocycles. The average molecular weight is 206 g/mol. The SMILES string of the molecule is Cc1ccc(C)n1CC1CCCCN1C. The van der Waals surface area contributed by atoms with Gasteiger partial charge in [-0.3, -0.25) is 0 Å². The summed E-state index contributed by atoms with van der Waals surface area (Å²) in [6.45, 7) is 6.84. The van der Waals surface area contributed by atoms with E-state index in [1.165, 1.54) is 43.7 Å². The monoisotopic (exact) mass is 206 g/mol. The summed E-state index contributed by atoms with van der Waals surface area (Å²) in [7, 11) is 2.26. The molecule has 2 nitrogen and oxygen atoms in total. The van der Waals surface area contributed by atoms with Gasteiger partial charge in [0.1, 0.15) is 0 Å². The van der Waals surface area contributed by atoms with Crippen molar-refractivity contribution in [1.29, 1.82) is 0 Å². The minimum absolute atomic E-state index is 0.739. The fraction of sp³-hybridized carbons (Fsp3) is 0.692. The summed E-state index contributed by atoms with van der Waals surface area (Å²) in [6, 6.07) is 5.18. The molecule has 1 unspecified atom stereocenters. The van der Waals surface area contributed by atoms with E-state index in [0.29, 0.717) is 0 Å². The standard InChI is InChI=1S/C13H22N2/c1-11-7-8-12(2)15(11)10-13-6-4-5-9-14(13)3/h7-8,13H,4-6,9-10H2,1-3H3. The Morgan fingerprint density at radius 3 is 2.47 bits per heavy atom. The molecular formula is C13H22N2. The van der Waals surface area contributed by atoms with E-state index in [1.807, 2.05) is 0 Å². The van der Waals surface area contributed by atoms with E-state index < -0.39 is 0 Å². The van der Waals surface area contributed by atoms with Crippen LogP contribution in [0.15, 0.2) is 12.1 Å². The fourth-order valence-electron chi connectivity index (χ4n) is 2.57. The van der Waals surface area contributed by atoms with Crippen LogP contribution in [0.1, 0.15) is 30.7 Å². The zero-order valence-electron chi connectivity index (χ0n) is 10.2. The molecule has 1 aliphatic heterocycles. The van der Waals surface area contributed by atoms with Crippen LogP contribution in [0.5, 0.6) is 0 Å².